The van der Waals surface area contributed by atoms with E-state index < -0.39 is 0 Å². The summed E-state index contributed by atoms with van der Waals surface area (Å²) in [4.78, 5) is 15.8. The van der Waals surface area contributed by atoms with E-state index in [1.54, 1.807) is 18.5 Å². The summed E-state index contributed by atoms with van der Waals surface area (Å²) in [5.41, 5.74) is 2.21. The highest BCUT2D eigenvalue weighted by atomic mass is 16.5. The minimum Gasteiger partial charge on any atom is -0.465 e. The maximum Gasteiger partial charge on any atom is 0.338 e. The van der Waals surface area contributed by atoms with Crippen molar-refractivity contribution in [2.45, 2.75) is 0 Å². The maximum atomic E-state index is 11.8. The predicted molar refractivity (Wildman–Crippen MR) is 70.6 cm³/mol. The fourth-order valence-corrected chi connectivity index (χ4v) is 1.62. The second-order valence-electron chi connectivity index (χ2n) is 3.70. The molecule has 0 fully saturated rings. The monoisotopic (exact) mass is 239 g/mol. The number of rotatable bonds is 3. The average Bonchev–Trinajstić information content (AvgIpc) is 2.46. The molecule has 2 rings (SSSR count). The Morgan fingerprint density at radius 1 is 1.17 bits per heavy atom. The molecule has 0 aliphatic rings. The topological polar surface area (TPSA) is 39.2 Å². The highest BCUT2D eigenvalue weighted by Gasteiger charge is 2.11. The first-order chi connectivity index (χ1) is 8.81. The lowest BCUT2D eigenvalue weighted by Crippen LogP contribution is -2.03. The molecule has 3 heteroatoms. The van der Waals surface area contributed by atoms with Crippen LogP contribution in [0.15, 0.2) is 54.9 Å². The molecule has 90 valence electrons. The number of aromatic nitrogens is 1. The van der Waals surface area contributed by atoms with Crippen molar-refractivity contribution in [2.75, 3.05) is 7.11 Å². The lowest BCUT2D eigenvalue weighted by atomic mass is 10.0. The molecule has 3 nitrogen and oxygen atoms in total. The van der Waals surface area contributed by atoms with Gasteiger partial charge in [0.25, 0.3) is 0 Å². The van der Waals surface area contributed by atoms with Gasteiger partial charge >= 0.3 is 5.97 Å². The number of nitrogens with zero attached hydrogens (tertiary/aromatic N) is 1. The van der Waals surface area contributed by atoms with E-state index in [0.29, 0.717) is 5.57 Å². The zero-order chi connectivity index (χ0) is 12.8. The van der Waals surface area contributed by atoms with Crippen LogP contribution in [0.4, 0.5) is 0 Å². The van der Waals surface area contributed by atoms with E-state index in [4.69, 9.17) is 4.74 Å². The molecule has 0 unspecified atom stereocenters. The van der Waals surface area contributed by atoms with Crippen LogP contribution in [-0.2, 0) is 9.53 Å². The molecule has 0 saturated carbocycles. The van der Waals surface area contributed by atoms with Gasteiger partial charge in [0.2, 0.25) is 0 Å². The number of ether oxygens (including phenoxy) is 1. The largest absolute Gasteiger partial charge is 0.465 e. The van der Waals surface area contributed by atoms with Gasteiger partial charge in [0.1, 0.15) is 0 Å². The van der Waals surface area contributed by atoms with Crippen LogP contribution in [0.2, 0.25) is 0 Å². The van der Waals surface area contributed by atoms with E-state index in [-0.39, 0.29) is 5.97 Å². The molecule has 1 heterocycles. The fraction of sp³-hybridized carbons (Fsp3) is 0.0667. The van der Waals surface area contributed by atoms with Crippen LogP contribution in [0.25, 0.3) is 11.6 Å². The number of carbonyl (C=O) groups excluding carboxylic acids is 1. The third-order valence-corrected chi connectivity index (χ3v) is 2.49. The van der Waals surface area contributed by atoms with Gasteiger partial charge in [0.05, 0.1) is 12.7 Å². The molecule has 0 atom stereocenters. The van der Waals surface area contributed by atoms with Gasteiger partial charge in [0, 0.05) is 12.4 Å². The molecular formula is C15H13NO2. The summed E-state index contributed by atoms with van der Waals surface area (Å²) >= 11 is 0. The summed E-state index contributed by atoms with van der Waals surface area (Å²) in [6.07, 6.45) is 5.16. The third kappa shape index (κ3) is 2.83. The van der Waals surface area contributed by atoms with Gasteiger partial charge in [-0.2, -0.15) is 0 Å². The lowest BCUT2D eigenvalue weighted by molar-refractivity contribution is -0.133. The molecule has 1 aromatic carbocycles. The SMILES string of the molecule is COC(=O)/C(=C/c1cccnc1)c1ccccc1. The second-order valence-corrected chi connectivity index (χ2v) is 3.70. The van der Waals surface area contributed by atoms with Crippen LogP contribution in [0.3, 0.4) is 0 Å². The molecular weight excluding hydrogens is 226 g/mol. The van der Waals surface area contributed by atoms with E-state index in [2.05, 4.69) is 4.98 Å². The van der Waals surface area contributed by atoms with Crippen molar-refractivity contribution in [3.63, 3.8) is 0 Å². The molecule has 0 bridgehead atoms. The molecule has 0 spiro atoms. The Morgan fingerprint density at radius 2 is 1.94 bits per heavy atom. The smallest absolute Gasteiger partial charge is 0.338 e. The van der Waals surface area contributed by atoms with Crippen molar-refractivity contribution in [1.29, 1.82) is 0 Å². The van der Waals surface area contributed by atoms with Crippen LogP contribution >= 0.6 is 0 Å². The van der Waals surface area contributed by atoms with E-state index >= 15 is 0 Å². The molecule has 18 heavy (non-hydrogen) atoms. The van der Waals surface area contributed by atoms with E-state index in [0.717, 1.165) is 11.1 Å². The molecule has 0 amide bonds. The van der Waals surface area contributed by atoms with Gasteiger partial charge in [-0.1, -0.05) is 36.4 Å². The normalized spacial score (nSPS) is 11.1. The minimum absolute atomic E-state index is 0.356. The number of benzene rings is 1. The lowest BCUT2D eigenvalue weighted by Gasteiger charge is -2.05. The summed E-state index contributed by atoms with van der Waals surface area (Å²) < 4.78 is 4.81. The minimum atomic E-state index is -0.356. The van der Waals surface area contributed by atoms with Crippen LogP contribution in [0, 0.1) is 0 Å². The first kappa shape index (κ1) is 12.0. The molecule has 0 saturated heterocycles. The zero-order valence-electron chi connectivity index (χ0n) is 10.0. The van der Waals surface area contributed by atoms with Crippen molar-refractivity contribution >= 4 is 17.6 Å². The van der Waals surface area contributed by atoms with Gasteiger partial charge in [-0.15, -0.1) is 0 Å². The number of hydrogen-bond acceptors (Lipinski definition) is 3. The number of carbonyl (C=O) groups is 1. The highest BCUT2D eigenvalue weighted by Crippen LogP contribution is 2.19. The summed E-state index contributed by atoms with van der Waals surface area (Å²) in [6, 6.07) is 13.1. The third-order valence-electron chi connectivity index (χ3n) is 2.49. The van der Waals surface area contributed by atoms with Crippen molar-refractivity contribution in [1.82, 2.24) is 4.98 Å². The van der Waals surface area contributed by atoms with Gasteiger partial charge in [-0.25, -0.2) is 4.79 Å². The molecule has 0 N–H and O–H groups in total. The van der Waals surface area contributed by atoms with E-state index in [1.807, 2.05) is 42.5 Å². The fourth-order valence-electron chi connectivity index (χ4n) is 1.62. The van der Waals surface area contributed by atoms with Crippen molar-refractivity contribution < 1.29 is 9.53 Å². The summed E-state index contributed by atoms with van der Waals surface area (Å²) in [7, 11) is 1.38. The average molecular weight is 239 g/mol. The Bertz CT molecular complexity index is 547. The van der Waals surface area contributed by atoms with Gasteiger partial charge in [0.15, 0.2) is 0 Å². The summed E-state index contributed by atoms with van der Waals surface area (Å²) in [5, 5.41) is 0. The van der Waals surface area contributed by atoms with Crippen LogP contribution in [-0.4, -0.2) is 18.1 Å². The van der Waals surface area contributed by atoms with Crippen LogP contribution < -0.4 is 0 Å². The standard InChI is InChI=1S/C15H13NO2/c1-18-15(17)14(13-7-3-2-4-8-13)10-12-6-5-9-16-11-12/h2-11H,1H3/b14-10+. The second kappa shape index (κ2) is 5.77. The summed E-state index contributed by atoms with van der Waals surface area (Å²) in [6.45, 7) is 0. The molecule has 0 aliphatic heterocycles. The maximum absolute atomic E-state index is 11.8. The Balaban J connectivity index is 2.44. The molecule has 1 aromatic heterocycles. The number of methoxy groups -OCH3 is 1. The summed E-state index contributed by atoms with van der Waals surface area (Å²) in [5.74, 6) is -0.356. The highest BCUT2D eigenvalue weighted by molar-refractivity contribution is 6.21. The molecule has 2 aromatic rings. The first-order valence-corrected chi connectivity index (χ1v) is 5.56. The van der Waals surface area contributed by atoms with Crippen molar-refractivity contribution in [3.05, 3.63) is 66.0 Å². The predicted octanol–water partition coefficient (Wildman–Crippen LogP) is 2.80. The van der Waals surface area contributed by atoms with Crippen molar-refractivity contribution in [3.8, 4) is 0 Å². The zero-order valence-corrected chi connectivity index (χ0v) is 10.0. The van der Waals surface area contributed by atoms with E-state index in [9.17, 15) is 4.79 Å². The van der Waals surface area contributed by atoms with Gasteiger partial charge < -0.3 is 4.74 Å². The number of hydrogen-bond donors (Lipinski definition) is 0. The number of pyridine rings is 1. The Hall–Kier alpha value is -2.42. The van der Waals surface area contributed by atoms with Crippen LogP contribution in [0.5, 0.6) is 0 Å². The Labute approximate surface area is 106 Å². The van der Waals surface area contributed by atoms with Gasteiger partial charge in [-0.3, -0.25) is 4.98 Å². The Morgan fingerprint density at radius 3 is 2.56 bits per heavy atom. The number of esters is 1. The van der Waals surface area contributed by atoms with Gasteiger partial charge in [-0.05, 0) is 23.3 Å². The molecule has 0 aliphatic carbocycles. The van der Waals surface area contributed by atoms with Crippen molar-refractivity contribution in [2.24, 2.45) is 0 Å². The van der Waals surface area contributed by atoms with Crippen LogP contribution in [0.1, 0.15) is 11.1 Å². The first-order valence-electron chi connectivity index (χ1n) is 5.56. The quantitative estimate of drug-likeness (QED) is 0.610. The Kier molecular flexibility index (Phi) is 3.86. The molecule has 0 radical (unpaired) electrons. The van der Waals surface area contributed by atoms with E-state index in [1.165, 1.54) is 7.11 Å².